The number of aromatic nitrogens is 4. The number of aryl methyl sites for hydroxylation is 2. The highest BCUT2D eigenvalue weighted by Crippen LogP contribution is 2.16. The Hall–Kier alpha value is -3.49. The Bertz CT molecular complexity index is 1080. The van der Waals surface area contributed by atoms with Crippen molar-refractivity contribution >= 4 is 23.3 Å². The Morgan fingerprint density at radius 1 is 1.22 bits per heavy atom. The number of para-hydroxylation sites is 1. The highest BCUT2D eigenvalue weighted by atomic mass is 16.5. The molecule has 0 saturated heterocycles. The summed E-state index contributed by atoms with van der Waals surface area (Å²) in [5.41, 5.74) is 1.50. The van der Waals surface area contributed by atoms with Gasteiger partial charge in [-0.05, 0) is 39.0 Å². The summed E-state index contributed by atoms with van der Waals surface area (Å²) in [6.07, 6.45) is 0. The molecule has 9 nitrogen and oxygen atoms in total. The molecule has 1 aromatic carbocycles. The van der Waals surface area contributed by atoms with Gasteiger partial charge in [-0.25, -0.2) is 23.7 Å². The van der Waals surface area contributed by atoms with Gasteiger partial charge in [0.2, 0.25) is 5.91 Å². The number of hydrogen-bond acceptors (Lipinski definition) is 6. The van der Waals surface area contributed by atoms with Gasteiger partial charge in [0.15, 0.2) is 0 Å². The standard InChI is InChI=1S/C18H19N5O4/c1-4-27-16(25)13-7-5-6-8-14(13)20-15(24)10-22-18(26)23-12(3)9-11(2)19-17(23)21-22/h5-9H,4,10H2,1-3H3,(H,20,24). The first-order valence-electron chi connectivity index (χ1n) is 8.40. The molecule has 140 valence electrons. The van der Waals surface area contributed by atoms with Gasteiger partial charge in [0, 0.05) is 11.4 Å². The van der Waals surface area contributed by atoms with Crippen LogP contribution in [0.4, 0.5) is 5.69 Å². The Morgan fingerprint density at radius 2 is 1.96 bits per heavy atom. The van der Waals surface area contributed by atoms with E-state index in [9.17, 15) is 14.4 Å². The normalized spacial score (nSPS) is 10.8. The lowest BCUT2D eigenvalue weighted by Gasteiger charge is -2.10. The number of ether oxygens (including phenoxy) is 1. The van der Waals surface area contributed by atoms with Crippen LogP contribution in [-0.2, 0) is 16.1 Å². The molecular formula is C18H19N5O4. The maximum absolute atomic E-state index is 12.5. The van der Waals surface area contributed by atoms with Crippen molar-refractivity contribution in [2.45, 2.75) is 27.3 Å². The molecule has 1 N–H and O–H groups in total. The summed E-state index contributed by atoms with van der Waals surface area (Å²) >= 11 is 0. The van der Waals surface area contributed by atoms with Crippen LogP contribution in [-0.4, -0.2) is 37.6 Å². The van der Waals surface area contributed by atoms with Crippen LogP contribution in [0.25, 0.3) is 5.78 Å². The third-order valence-corrected chi connectivity index (χ3v) is 3.86. The Morgan fingerprint density at radius 3 is 2.70 bits per heavy atom. The molecule has 0 aliphatic heterocycles. The maximum Gasteiger partial charge on any atom is 0.352 e. The molecule has 1 amide bonds. The van der Waals surface area contributed by atoms with Crippen molar-refractivity contribution in [2.24, 2.45) is 0 Å². The molecule has 27 heavy (non-hydrogen) atoms. The number of amides is 1. The second kappa shape index (κ2) is 7.40. The summed E-state index contributed by atoms with van der Waals surface area (Å²) in [6, 6.07) is 8.26. The van der Waals surface area contributed by atoms with Crippen molar-refractivity contribution in [2.75, 3.05) is 11.9 Å². The highest BCUT2D eigenvalue weighted by molar-refractivity contribution is 6.01. The van der Waals surface area contributed by atoms with Gasteiger partial charge in [-0.15, -0.1) is 5.10 Å². The number of carbonyl (C=O) groups excluding carboxylic acids is 2. The Balaban J connectivity index is 1.85. The van der Waals surface area contributed by atoms with E-state index in [4.69, 9.17) is 4.74 Å². The first-order chi connectivity index (χ1) is 12.9. The fraction of sp³-hybridized carbons (Fsp3) is 0.278. The Labute approximate surface area is 154 Å². The number of nitrogens with one attached hydrogen (secondary N) is 1. The van der Waals surface area contributed by atoms with Crippen molar-refractivity contribution in [1.82, 2.24) is 19.2 Å². The topological polar surface area (TPSA) is 108 Å². The fourth-order valence-corrected chi connectivity index (χ4v) is 2.74. The molecule has 0 radical (unpaired) electrons. The zero-order chi connectivity index (χ0) is 19.6. The first kappa shape index (κ1) is 18.3. The lowest BCUT2D eigenvalue weighted by Crippen LogP contribution is -2.29. The molecule has 0 fully saturated rings. The largest absolute Gasteiger partial charge is 0.462 e. The molecule has 0 atom stereocenters. The van der Waals surface area contributed by atoms with E-state index >= 15 is 0 Å². The monoisotopic (exact) mass is 369 g/mol. The molecule has 0 spiro atoms. The van der Waals surface area contributed by atoms with E-state index < -0.39 is 17.6 Å². The van der Waals surface area contributed by atoms with Crippen molar-refractivity contribution in [3.05, 3.63) is 57.8 Å². The number of esters is 1. The number of benzene rings is 1. The molecule has 0 unspecified atom stereocenters. The van der Waals surface area contributed by atoms with Gasteiger partial charge < -0.3 is 10.1 Å². The van der Waals surface area contributed by atoms with E-state index in [1.165, 1.54) is 4.40 Å². The average molecular weight is 369 g/mol. The first-order valence-corrected chi connectivity index (χ1v) is 8.40. The average Bonchev–Trinajstić information content (AvgIpc) is 2.91. The molecule has 2 heterocycles. The minimum Gasteiger partial charge on any atom is -0.462 e. The van der Waals surface area contributed by atoms with Crippen LogP contribution < -0.4 is 11.0 Å². The van der Waals surface area contributed by atoms with Crippen LogP contribution in [0.3, 0.4) is 0 Å². The van der Waals surface area contributed by atoms with Crippen molar-refractivity contribution in [3.63, 3.8) is 0 Å². The smallest absolute Gasteiger partial charge is 0.352 e. The summed E-state index contributed by atoms with van der Waals surface area (Å²) in [5.74, 6) is -0.794. The molecular weight excluding hydrogens is 350 g/mol. The number of hydrogen-bond donors (Lipinski definition) is 1. The van der Waals surface area contributed by atoms with Gasteiger partial charge in [-0.3, -0.25) is 4.79 Å². The molecule has 3 rings (SSSR count). The molecule has 3 aromatic rings. The molecule has 2 aromatic heterocycles. The van der Waals surface area contributed by atoms with Crippen LogP contribution in [0.1, 0.15) is 28.7 Å². The zero-order valence-corrected chi connectivity index (χ0v) is 15.2. The number of anilines is 1. The van der Waals surface area contributed by atoms with Gasteiger partial charge in [0.05, 0.1) is 17.9 Å². The minimum atomic E-state index is -0.534. The predicted octanol–water partition coefficient (Wildman–Crippen LogP) is 1.32. The van der Waals surface area contributed by atoms with Crippen LogP contribution in [0.15, 0.2) is 35.1 Å². The van der Waals surface area contributed by atoms with Gasteiger partial charge in [0.25, 0.3) is 5.78 Å². The van der Waals surface area contributed by atoms with Gasteiger partial charge in [0.1, 0.15) is 6.54 Å². The van der Waals surface area contributed by atoms with E-state index in [2.05, 4.69) is 15.4 Å². The van der Waals surface area contributed by atoms with E-state index in [1.54, 1.807) is 51.1 Å². The molecule has 0 saturated carbocycles. The van der Waals surface area contributed by atoms with Crippen molar-refractivity contribution in [1.29, 1.82) is 0 Å². The number of carbonyl (C=O) groups is 2. The lowest BCUT2D eigenvalue weighted by molar-refractivity contribution is -0.117. The summed E-state index contributed by atoms with van der Waals surface area (Å²) in [5, 5.41) is 6.73. The van der Waals surface area contributed by atoms with E-state index in [0.717, 1.165) is 10.4 Å². The number of fused-ring (bicyclic) bond motifs is 1. The third-order valence-electron chi connectivity index (χ3n) is 3.86. The zero-order valence-electron chi connectivity index (χ0n) is 15.2. The predicted molar refractivity (Wildman–Crippen MR) is 97.7 cm³/mol. The quantitative estimate of drug-likeness (QED) is 0.680. The maximum atomic E-state index is 12.5. The SMILES string of the molecule is CCOC(=O)c1ccccc1NC(=O)Cn1nc2nc(C)cc(C)n2c1=O. The van der Waals surface area contributed by atoms with E-state index in [-0.39, 0.29) is 24.5 Å². The van der Waals surface area contributed by atoms with Crippen LogP contribution in [0.5, 0.6) is 0 Å². The number of nitrogens with zero attached hydrogens (tertiary/aromatic N) is 4. The molecule has 0 aliphatic rings. The van der Waals surface area contributed by atoms with E-state index in [0.29, 0.717) is 11.4 Å². The van der Waals surface area contributed by atoms with Crippen LogP contribution >= 0.6 is 0 Å². The van der Waals surface area contributed by atoms with Crippen LogP contribution in [0.2, 0.25) is 0 Å². The molecule has 9 heteroatoms. The number of rotatable bonds is 5. The summed E-state index contributed by atoms with van der Waals surface area (Å²) in [4.78, 5) is 41.1. The fourth-order valence-electron chi connectivity index (χ4n) is 2.74. The highest BCUT2D eigenvalue weighted by Gasteiger charge is 2.17. The summed E-state index contributed by atoms with van der Waals surface area (Å²) in [6.45, 7) is 5.19. The van der Waals surface area contributed by atoms with Gasteiger partial charge >= 0.3 is 11.7 Å². The van der Waals surface area contributed by atoms with Crippen LogP contribution in [0, 0.1) is 13.8 Å². The Kier molecular flexibility index (Phi) is 5.02. The van der Waals surface area contributed by atoms with Crippen molar-refractivity contribution < 1.29 is 14.3 Å². The molecule has 0 bridgehead atoms. The van der Waals surface area contributed by atoms with Gasteiger partial charge in [-0.1, -0.05) is 12.1 Å². The molecule has 0 aliphatic carbocycles. The van der Waals surface area contributed by atoms with Gasteiger partial charge in [-0.2, -0.15) is 0 Å². The third kappa shape index (κ3) is 3.71. The minimum absolute atomic E-state index is 0.226. The van der Waals surface area contributed by atoms with E-state index in [1.807, 2.05) is 0 Å². The second-order valence-electron chi connectivity index (χ2n) is 5.93. The summed E-state index contributed by atoms with van der Waals surface area (Å²) in [7, 11) is 0. The lowest BCUT2D eigenvalue weighted by atomic mass is 10.2. The summed E-state index contributed by atoms with van der Waals surface area (Å²) < 4.78 is 7.36. The van der Waals surface area contributed by atoms with Crippen molar-refractivity contribution in [3.8, 4) is 0 Å². The second-order valence-corrected chi connectivity index (χ2v) is 5.93.